The lowest BCUT2D eigenvalue weighted by molar-refractivity contribution is -0.0498. The van der Waals surface area contributed by atoms with Crippen LogP contribution in [0.25, 0.3) is 0 Å². The van der Waals surface area contributed by atoms with Crippen molar-refractivity contribution in [1.82, 2.24) is 9.80 Å². The number of alkyl halides is 2. The molecule has 5 nitrogen and oxygen atoms in total. The van der Waals surface area contributed by atoms with Gasteiger partial charge in [-0.25, -0.2) is 4.39 Å². The van der Waals surface area contributed by atoms with E-state index in [0.29, 0.717) is 38.3 Å². The Bertz CT molecular complexity index is 807. The molecular weight excluding hydrogens is 373 g/mol. The van der Waals surface area contributed by atoms with Crippen LogP contribution in [0.3, 0.4) is 0 Å². The van der Waals surface area contributed by atoms with Crippen LogP contribution in [0.2, 0.25) is 0 Å². The highest BCUT2D eigenvalue weighted by Crippen LogP contribution is 2.20. The molecule has 2 aromatic carbocycles. The normalized spacial score (nSPS) is 15.0. The molecule has 2 aromatic rings. The van der Waals surface area contributed by atoms with Crippen LogP contribution in [0, 0.1) is 5.82 Å². The summed E-state index contributed by atoms with van der Waals surface area (Å²) in [5.74, 6) is -0.320. The van der Waals surface area contributed by atoms with Crippen molar-refractivity contribution >= 4 is 5.91 Å². The number of nitrogens with zero attached hydrogens (tertiary/aromatic N) is 2. The number of hydrogen-bond donors (Lipinski definition) is 0. The number of rotatable bonds is 6. The van der Waals surface area contributed by atoms with Crippen molar-refractivity contribution in [2.45, 2.75) is 13.2 Å². The Morgan fingerprint density at radius 3 is 2.32 bits per heavy atom. The van der Waals surface area contributed by atoms with Crippen LogP contribution in [-0.2, 0) is 6.54 Å². The molecule has 1 heterocycles. The number of benzene rings is 2. The summed E-state index contributed by atoms with van der Waals surface area (Å²) in [6, 6.07) is 10.6. The summed E-state index contributed by atoms with van der Waals surface area (Å²) < 4.78 is 47.4. The first-order valence-corrected chi connectivity index (χ1v) is 8.85. The molecule has 1 amide bonds. The first-order chi connectivity index (χ1) is 13.5. The minimum absolute atomic E-state index is 0.0168. The molecule has 0 aliphatic carbocycles. The molecule has 0 unspecified atom stereocenters. The lowest BCUT2D eigenvalue weighted by Gasteiger charge is -2.34. The molecule has 0 spiro atoms. The number of carbonyl (C=O) groups excluding carboxylic acids is 1. The van der Waals surface area contributed by atoms with Gasteiger partial charge in [0.15, 0.2) is 11.6 Å². The topological polar surface area (TPSA) is 42.0 Å². The van der Waals surface area contributed by atoms with Gasteiger partial charge in [0.2, 0.25) is 0 Å². The van der Waals surface area contributed by atoms with Gasteiger partial charge < -0.3 is 14.4 Å². The fraction of sp³-hybridized carbons (Fsp3) is 0.350. The molecule has 0 aromatic heterocycles. The Balaban J connectivity index is 1.53. The number of carbonyl (C=O) groups is 1. The number of methoxy groups -OCH3 is 1. The minimum atomic E-state index is -2.89. The first kappa shape index (κ1) is 20.0. The van der Waals surface area contributed by atoms with E-state index in [0.717, 1.165) is 5.56 Å². The van der Waals surface area contributed by atoms with Crippen LogP contribution in [0.15, 0.2) is 42.5 Å². The van der Waals surface area contributed by atoms with Crippen LogP contribution in [0.5, 0.6) is 11.5 Å². The number of amides is 1. The van der Waals surface area contributed by atoms with Crippen LogP contribution < -0.4 is 9.47 Å². The van der Waals surface area contributed by atoms with Gasteiger partial charge in [0.05, 0.1) is 7.11 Å². The van der Waals surface area contributed by atoms with Crippen molar-refractivity contribution < 1.29 is 27.4 Å². The van der Waals surface area contributed by atoms with E-state index in [2.05, 4.69) is 9.64 Å². The fourth-order valence-corrected chi connectivity index (χ4v) is 3.14. The van der Waals surface area contributed by atoms with E-state index in [1.54, 1.807) is 11.0 Å². The molecule has 150 valence electrons. The second-order valence-corrected chi connectivity index (χ2v) is 6.44. The second-order valence-electron chi connectivity index (χ2n) is 6.44. The van der Waals surface area contributed by atoms with Crippen molar-refractivity contribution in [2.24, 2.45) is 0 Å². The Kier molecular flexibility index (Phi) is 6.41. The molecule has 8 heteroatoms. The SMILES string of the molecule is COc1ccc(CN2CCN(C(=O)c3ccc(OC(F)F)cc3)CC2)cc1F. The van der Waals surface area contributed by atoms with Gasteiger partial charge in [0.25, 0.3) is 5.91 Å². The molecular formula is C20H21F3N2O3. The maximum absolute atomic E-state index is 13.8. The number of piperazine rings is 1. The smallest absolute Gasteiger partial charge is 0.387 e. The van der Waals surface area contributed by atoms with E-state index < -0.39 is 12.4 Å². The summed E-state index contributed by atoms with van der Waals surface area (Å²) in [6.07, 6.45) is 0. The van der Waals surface area contributed by atoms with Crippen LogP contribution in [-0.4, -0.2) is 55.6 Å². The Hall–Kier alpha value is -2.74. The molecule has 28 heavy (non-hydrogen) atoms. The third-order valence-corrected chi connectivity index (χ3v) is 4.61. The van der Waals surface area contributed by atoms with Crippen LogP contribution in [0.4, 0.5) is 13.2 Å². The highest BCUT2D eigenvalue weighted by molar-refractivity contribution is 5.94. The number of ether oxygens (including phenoxy) is 2. The van der Waals surface area contributed by atoms with Gasteiger partial charge in [-0.15, -0.1) is 0 Å². The van der Waals surface area contributed by atoms with E-state index in [-0.39, 0.29) is 17.4 Å². The minimum Gasteiger partial charge on any atom is -0.494 e. The maximum atomic E-state index is 13.8. The first-order valence-electron chi connectivity index (χ1n) is 8.85. The largest absolute Gasteiger partial charge is 0.494 e. The zero-order valence-electron chi connectivity index (χ0n) is 15.4. The molecule has 3 rings (SSSR count). The number of halogens is 3. The molecule has 1 fully saturated rings. The van der Waals surface area contributed by atoms with Gasteiger partial charge in [-0.3, -0.25) is 9.69 Å². The van der Waals surface area contributed by atoms with Gasteiger partial charge >= 0.3 is 6.61 Å². The molecule has 1 aliphatic heterocycles. The van der Waals surface area contributed by atoms with Crippen LogP contribution in [0.1, 0.15) is 15.9 Å². The molecule has 0 saturated carbocycles. The quantitative estimate of drug-likeness (QED) is 0.753. The molecule has 1 aliphatic rings. The van der Waals surface area contributed by atoms with Gasteiger partial charge in [0.1, 0.15) is 5.75 Å². The zero-order valence-corrected chi connectivity index (χ0v) is 15.4. The van der Waals surface area contributed by atoms with Crippen molar-refractivity contribution in [2.75, 3.05) is 33.3 Å². The lowest BCUT2D eigenvalue weighted by Crippen LogP contribution is -2.48. The predicted molar refractivity (Wildman–Crippen MR) is 97.2 cm³/mol. The predicted octanol–water partition coefficient (Wildman–Crippen LogP) is 3.39. The van der Waals surface area contributed by atoms with E-state index in [9.17, 15) is 18.0 Å². The standard InChI is InChI=1S/C20H21F3N2O3/c1-27-18-7-2-14(12-17(18)21)13-24-8-10-25(11-9-24)19(26)15-3-5-16(6-4-15)28-20(22)23/h2-7,12,20H,8-11,13H2,1H3. The summed E-state index contributed by atoms with van der Waals surface area (Å²) in [4.78, 5) is 16.4. The highest BCUT2D eigenvalue weighted by atomic mass is 19.3. The molecule has 0 N–H and O–H groups in total. The Labute approximate surface area is 161 Å². The van der Waals surface area contributed by atoms with Gasteiger partial charge in [0, 0.05) is 38.3 Å². The zero-order chi connectivity index (χ0) is 20.1. The fourth-order valence-electron chi connectivity index (χ4n) is 3.14. The average Bonchev–Trinajstić information content (AvgIpc) is 2.68. The van der Waals surface area contributed by atoms with E-state index in [1.165, 1.54) is 37.4 Å². The van der Waals surface area contributed by atoms with E-state index in [4.69, 9.17) is 4.74 Å². The van der Waals surface area contributed by atoms with E-state index in [1.807, 2.05) is 6.07 Å². The summed E-state index contributed by atoms with van der Waals surface area (Å²) in [6.45, 7) is 0.0776. The Morgan fingerprint density at radius 2 is 1.75 bits per heavy atom. The molecule has 0 radical (unpaired) electrons. The van der Waals surface area contributed by atoms with Crippen LogP contribution >= 0.6 is 0 Å². The van der Waals surface area contributed by atoms with Gasteiger partial charge in [-0.05, 0) is 42.0 Å². The molecule has 1 saturated heterocycles. The summed E-state index contributed by atoms with van der Waals surface area (Å²) in [5, 5.41) is 0. The number of hydrogen-bond acceptors (Lipinski definition) is 4. The Morgan fingerprint density at radius 1 is 1.07 bits per heavy atom. The molecule has 0 bridgehead atoms. The third kappa shape index (κ3) is 4.95. The monoisotopic (exact) mass is 394 g/mol. The third-order valence-electron chi connectivity index (χ3n) is 4.61. The highest BCUT2D eigenvalue weighted by Gasteiger charge is 2.22. The summed E-state index contributed by atoms with van der Waals surface area (Å²) >= 11 is 0. The van der Waals surface area contributed by atoms with Crippen molar-refractivity contribution in [3.05, 3.63) is 59.4 Å². The van der Waals surface area contributed by atoms with Gasteiger partial charge in [-0.1, -0.05) is 6.07 Å². The lowest BCUT2D eigenvalue weighted by atomic mass is 10.1. The van der Waals surface area contributed by atoms with Crippen molar-refractivity contribution in [3.63, 3.8) is 0 Å². The van der Waals surface area contributed by atoms with Crippen molar-refractivity contribution in [1.29, 1.82) is 0 Å². The second kappa shape index (κ2) is 8.97. The average molecular weight is 394 g/mol. The maximum Gasteiger partial charge on any atom is 0.387 e. The van der Waals surface area contributed by atoms with Gasteiger partial charge in [-0.2, -0.15) is 8.78 Å². The molecule has 0 atom stereocenters. The summed E-state index contributed by atoms with van der Waals surface area (Å²) in [7, 11) is 1.42. The summed E-state index contributed by atoms with van der Waals surface area (Å²) in [5.41, 5.74) is 1.26. The van der Waals surface area contributed by atoms with Crippen molar-refractivity contribution in [3.8, 4) is 11.5 Å². The van der Waals surface area contributed by atoms with E-state index >= 15 is 0 Å².